The van der Waals surface area contributed by atoms with Gasteiger partial charge in [0.1, 0.15) is 17.3 Å². The fraction of sp³-hybridized carbons (Fsp3) is 0.231. The summed E-state index contributed by atoms with van der Waals surface area (Å²) in [5, 5.41) is 8.93. The highest BCUT2D eigenvalue weighted by Gasteiger charge is 2.14. The number of amides is 1. The number of aromatic nitrogens is 2. The summed E-state index contributed by atoms with van der Waals surface area (Å²) in [5.74, 6) is -2.16. The molecule has 7 heteroatoms. The average Bonchev–Trinajstić information content (AvgIpc) is 2.81. The van der Waals surface area contributed by atoms with Gasteiger partial charge in [-0.05, 0) is 18.2 Å². The molecule has 1 aromatic heterocycles. The van der Waals surface area contributed by atoms with Gasteiger partial charge in [0.05, 0.1) is 12.2 Å². The first-order chi connectivity index (χ1) is 9.52. The van der Waals surface area contributed by atoms with Crippen LogP contribution >= 0.6 is 0 Å². The Morgan fingerprint density at radius 3 is 2.50 bits per heavy atom. The van der Waals surface area contributed by atoms with Crippen LogP contribution in [0.5, 0.6) is 0 Å². The number of aryl methyl sites for hydroxylation is 1. The SMILES string of the molecule is CNc1c(F)cc(C(=O)NCc2ccnn2C)cc1F. The van der Waals surface area contributed by atoms with Crippen LogP contribution in [0.25, 0.3) is 0 Å². The number of carbonyl (C=O) groups is 1. The number of hydrogen-bond donors (Lipinski definition) is 2. The molecule has 0 aliphatic heterocycles. The maximum atomic E-state index is 13.6. The van der Waals surface area contributed by atoms with Gasteiger partial charge >= 0.3 is 0 Å². The first-order valence-electron chi connectivity index (χ1n) is 5.94. The monoisotopic (exact) mass is 280 g/mol. The standard InChI is InChI=1S/C13H14F2N4O/c1-16-12-10(14)5-8(6-11(12)15)13(20)17-7-9-3-4-18-19(9)2/h3-6,16H,7H2,1-2H3,(H,17,20). The molecule has 106 valence electrons. The van der Waals surface area contributed by atoms with Crippen LogP contribution in [0.3, 0.4) is 0 Å². The van der Waals surface area contributed by atoms with E-state index in [0.717, 1.165) is 17.8 Å². The molecule has 2 rings (SSSR count). The minimum absolute atomic E-state index is 0.0684. The number of nitrogens with zero attached hydrogens (tertiary/aromatic N) is 2. The number of carbonyl (C=O) groups excluding carboxylic acids is 1. The summed E-state index contributed by atoms with van der Waals surface area (Å²) in [6.07, 6.45) is 1.60. The Balaban J connectivity index is 2.12. The van der Waals surface area contributed by atoms with Crippen molar-refractivity contribution in [3.05, 3.63) is 47.3 Å². The summed E-state index contributed by atoms with van der Waals surface area (Å²) >= 11 is 0. The van der Waals surface area contributed by atoms with E-state index in [1.54, 1.807) is 24.0 Å². The molecule has 20 heavy (non-hydrogen) atoms. The number of halogens is 2. The molecule has 0 aliphatic rings. The highest BCUT2D eigenvalue weighted by Crippen LogP contribution is 2.20. The van der Waals surface area contributed by atoms with E-state index in [0.29, 0.717) is 0 Å². The molecule has 0 atom stereocenters. The number of rotatable bonds is 4. The molecule has 2 N–H and O–H groups in total. The Hall–Kier alpha value is -2.44. The largest absolute Gasteiger partial charge is 0.383 e. The maximum Gasteiger partial charge on any atom is 0.251 e. The second kappa shape index (κ2) is 5.68. The third-order valence-electron chi connectivity index (χ3n) is 2.91. The molecule has 1 heterocycles. The van der Waals surface area contributed by atoms with Gasteiger partial charge in [-0.3, -0.25) is 9.48 Å². The highest BCUT2D eigenvalue weighted by molar-refractivity contribution is 5.94. The van der Waals surface area contributed by atoms with Crippen LogP contribution in [-0.2, 0) is 13.6 Å². The van der Waals surface area contributed by atoms with Crippen molar-refractivity contribution < 1.29 is 13.6 Å². The van der Waals surface area contributed by atoms with E-state index in [9.17, 15) is 13.6 Å². The Morgan fingerprint density at radius 2 is 2.00 bits per heavy atom. The van der Waals surface area contributed by atoms with Crippen LogP contribution in [0.15, 0.2) is 24.4 Å². The maximum absolute atomic E-state index is 13.6. The predicted octanol–water partition coefficient (Wildman–Crippen LogP) is 1.67. The first-order valence-corrected chi connectivity index (χ1v) is 5.94. The van der Waals surface area contributed by atoms with Crippen molar-refractivity contribution in [2.75, 3.05) is 12.4 Å². The third-order valence-corrected chi connectivity index (χ3v) is 2.91. The molecule has 1 aromatic carbocycles. The molecular formula is C13H14F2N4O. The predicted molar refractivity (Wildman–Crippen MR) is 70.3 cm³/mol. The summed E-state index contributed by atoms with van der Waals surface area (Å²) in [7, 11) is 3.15. The fourth-order valence-corrected chi connectivity index (χ4v) is 1.79. The first kappa shape index (κ1) is 14.0. The quantitative estimate of drug-likeness (QED) is 0.895. The number of anilines is 1. The molecule has 0 bridgehead atoms. The van der Waals surface area contributed by atoms with Crippen LogP contribution in [0.2, 0.25) is 0 Å². The second-order valence-electron chi connectivity index (χ2n) is 4.19. The Kier molecular flexibility index (Phi) is 3.97. The van der Waals surface area contributed by atoms with Crippen molar-refractivity contribution in [3.8, 4) is 0 Å². The summed E-state index contributed by atoms with van der Waals surface area (Å²) in [5.41, 5.74) is 0.459. The van der Waals surface area contributed by atoms with E-state index >= 15 is 0 Å². The van der Waals surface area contributed by atoms with Gasteiger partial charge < -0.3 is 10.6 Å². The van der Waals surface area contributed by atoms with E-state index in [1.807, 2.05) is 0 Å². The van der Waals surface area contributed by atoms with Gasteiger partial charge in [0.15, 0.2) is 0 Å². The Bertz CT molecular complexity index is 616. The van der Waals surface area contributed by atoms with Crippen LogP contribution in [0, 0.1) is 11.6 Å². The minimum atomic E-state index is -0.807. The van der Waals surface area contributed by atoms with Crippen LogP contribution in [0.1, 0.15) is 16.1 Å². The van der Waals surface area contributed by atoms with Crippen molar-refractivity contribution in [1.82, 2.24) is 15.1 Å². The van der Waals surface area contributed by atoms with Crippen molar-refractivity contribution in [2.24, 2.45) is 7.05 Å². The normalized spacial score (nSPS) is 10.4. The highest BCUT2D eigenvalue weighted by atomic mass is 19.1. The molecule has 0 unspecified atom stereocenters. The lowest BCUT2D eigenvalue weighted by Gasteiger charge is -2.08. The third kappa shape index (κ3) is 2.76. The van der Waals surface area contributed by atoms with Gasteiger partial charge in [-0.15, -0.1) is 0 Å². The number of nitrogens with one attached hydrogen (secondary N) is 2. The minimum Gasteiger partial charge on any atom is -0.383 e. The molecule has 2 aromatic rings. The Labute approximate surface area is 114 Å². The van der Waals surface area contributed by atoms with Gasteiger partial charge in [-0.1, -0.05) is 0 Å². The van der Waals surface area contributed by atoms with Crippen molar-refractivity contribution >= 4 is 11.6 Å². The van der Waals surface area contributed by atoms with Crippen molar-refractivity contribution in [1.29, 1.82) is 0 Å². The summed E-state index contributed by atoms with van der Waals surface area (Å²) in [6, 6.07) is 3.73. The van der Waals surface area contributed by atoms with E-state index in [1.165, 1.54) is 7.05 Å². The van der Waals surface area contributed by atoms with Gasteiger partial charge in [0.2, 0.25) is 0 Å². The number of benzene rings is 1. The average molecular weight is 280 g/mol. The lowest BCUT2D eigenvalue weighted by atomic mass is 10.1. The van der Waals surface area contributed by atoms with E-state index in [-0.39, 0.29) is 17.8 Å². The smallest absolute Gasteiger partial charge is 0.251 e. The lowest BCUT2D eigenvalue weighted by Crippen LogP contribution is -2.24. The van der Waals surface area contributed by atoms with Crippen molar-refractivity contribution in [2.45, 2.75) is 6.54 Å². The Morgan fingerprint density at radius 1 is 1.35 bits per heavy atom. The van der Waals surface area contributed by atoms with Crippen LogP contribution in [0.4, 0.5) is 14.5 Å². The summed E-state index contributed by atoms with van der Waals surface area (Å²) in [4.78, 5) is 11.9. The van der Waals surface area contributed by atoms with Gasteiger partial charge in [0.25, 0.3) is 5.91 Å². The molecule has 0 radical (unpaired) electrons. The molecule has 0 spiro atoms. The van der Waals surface area contributed by atoms with Gasteiger partial charge in [-0.25, -0.2) is 8.78 Å². The van der Waals surface area contributed by atoms with Crippen LogP contribution in [-0.4, -0.2) is 22.7 Å². The van der Waals surface area contributed by atoms with Gasteiger partial charge in [-0.2, -0.15) is 5.10 Å². The van der Waals surface area contributed by atoms with Gasteiger partial charge in [0, 0.05) is 25.9 Å². The summed E-state index contributed by atoms with van der Waals surface area (Å²) in [6.45, 7) is 0.229. The van der Waals surface area contributed by atoms with E-state index in [4.69, 9.17) is 0 Å². The van der Waals surface area contributed by atoms with E-state index in [2.05, 4.69) is 15.7 Å². The number of hydrogen-bond acceptors (Lipinski definition) is 3. The molecule has 1 amide bonds. The topological polar surface area (TPSA) is 59.0 Å². The zero-order valence-electron chi connectivity index (χ0n) is 11.1. The van der Waals surface area contributed by atoms with Crippen LogP contribution < -0.4 is 10.6 Å². The molecule has 0 saturated carbocycles. The summed E-state index contributed by atoms with van der Waals surface area (Å²) < 4.78 is 28.7. The lowest BCUT2D eigenvalue weighted by molar-refractivity contribution is 0.0949. The zero-order valence-corrected chi connectivity index (χ0v) is 11.1. The molecule has 0 fully saturated rings. The van der Waals surface area contributed by atoms with E-state index < -0.39 is 17.5 Å². The zero-order chi connectivity index (χ0) is 14.7. The van der Waals surface area contributed by atoms with Crippen molar-refractivity contribution in [3.63, 3.8) is 0 Å². The second-order valence-corrected chi connectivity index (χ2v) is 4.19. The fourth-order valence-electron chi connectivity index (χ4n) is 1.79. The molecule has 5 nitrogen and oxygen atoms in total. The molecular weight excluding hydrogens is 266 g/mol. The molecule has 0 aliphatic carbocycles. The molecule has 0 saturated heterocycles.